The Morgan fingerprint density at radius 2 is 0.885 bits per heavy atom. The Hall–Kier alpha value is -6.61. The molecule has 1 N–H and O–H groups in total. The van der Waals surface area contributed by atoms with Gasteiger partial charge >= 0.3 is 0 Å². The molecule has 0 aliphatic carbocycles. The summed E-state index contributed by atoms with van der Waals surface area (Å²) in [6.07, 6.45) is 32.3. The summed E-state index contributed by atoms with van der Waals surface area (Å²) in [5.41, 5.74) is 14.9. The fourth-order valence-electron chi connectivity index (χ4n) is 11.1. The first kappa shape index (κ1) is 71.1. The van der Waals surface area contributed by atoms with Crippen molar-refractivity contribution in [1.29, 1.82) is 0 Å². The molecule has 0 fully saturated rings. The first-order valence-corrected chi connectivity index (χ1v) is 34.2. The van der Waals surface area contributed by atoms with Crippen LogP contribution in [0.3, 0.4) is 0 Å². The van der Waals surface area contributed by atoms with E-state index in [4.69, 9.17) is 24.4 Å². The lowest BCUT2D eigenvalue weighted by Crippen LogP contribution is -2.05. The lowest BCUT2D eigenvalue weighted by Gasteiger charge is -2.16. The summed E-state index contributed by atoms with van der Waals surface area (Å²) in [6.45, 7) is 25.6. The molecular weight excluding hydrogens is 1070 g/mol. The van der Waals surface area contributed by atoms with Gasteiger partial charge in [-0.15, -0.1) is 5.11 Å². The minimum Gasteiger partial charge on any atom is -0.494 e. The SMILES string of the molecule is CCCCCCCCCCCCCCCCOc1ccc(N=Nc2ccc(-c3ccc(OCC)cc3)c(C)c2)cc1C(C)CC.CCCCCCCCCCOc1ccc(N=Nc2c(CC)cc(-c3ccc(NC(C)=O)cc3)cc2CC)cc1C(C)C. The highest BCUT2D eigenvalue weighted by Crippen LogP contribution is 2.38. The monoisotopic (exact) mass is 1180 g/mol. The van der Waals surface area contributed by atoms with E-state index in [9.17, 15) is 4.79 Å². The van der Waals surface area contributed by atoms with Gasteiger partial charge in [0, 0.05) is 12.6 Å². The Morgan fingerprint density at radius 3 is 1.33 bits per heavy atom. The Morgan fingerprint density at radius 1 is 0.448 bits per heavy atom. The minimum absolute atomic E-state index is 0.0690. The molecular formula is C78H111N5O4. The molecule has 472 valence electrons. The highest BCUT2D eigenvalue weighted by molar-refractivity contribution is 5.89. The van der Waals surface area contributed by atoms with Crippen molar-refractivity contribution in [3.8, 4) is 39.5 Å². The quantitative estimate of drug-likeness (QED) is 0.0305. The maximum atomic E-state index is 11.4. The van der Waals surface area contributed by atoms with Crippen LogP contribution in [-0.4, -0.2) is 25.7 Å². The maximum absolute atomic E-state index is 11.4. The first-order valence-electron chi connectivity index (χ1n) is 34.2. The topological polar surface area (TPSA) is 106 Å². The van der Waals surface area contributed by atoms with Gasteiger partial charge in [-0.25, -0.2) is 0 Å². The van der Waals surface area contributed by atoms with Crippen LogP contribution in [0.4, 0.5) is 28.4 Å². The second kappa shape index (κ2) is 41.5. The number of carbonyl (C=O) groups is 1. The molecule has 1 atom stereocenters. The molecule has 0 aromatic heterocycles. The number of hydrogen-bond donors (Lipinski definition) is 1. The molecule has 0 aliphatic rings. The van der Waals surface area contributed by atoms with Crippen LogP contribution in [0.1, 0.15) is 257 Å². The predicted molar refractivity (Wildman–Crippen MR) is 371 cm³/mol. The summed E-state index contributed by atoms with van der Waals surface area (Å²) in [7, 11) is 0. The van der Waals surface area contributed by atoms with E-state index in [1.165, 1.54) is 174 Å². The number of benzene rings is 6. The number of carbonyl (C=O) groups excluding carboxylic acids is 1. The Labute approximate surface area is 527 Å². The van der Waals surface area contributed by atoms with Gasteiger partial charge in [-0.2, -0.15) is 15.3 Å². The molecule has 6 aromatic rings. The summed E-state index contributed by atoms with van der Waals surface area (Å²) in [5.74, 6) is 3.52. The van der Waals surface area contributed by atoms with Gasteiger partial charge in [-0.1, -0.05) is 214 Å². The molecule has 0 aliphatic heterocycles. The zero-order valence-electron chi connectivity index (χ0n) is 55.8. The van der Waals surface area contributed by atoms with Crippen molar-refractivity contribution in [2.75, 3.05) is 25.1 Å². The van der Waals surface area contributed by atoms with Crippen LogP contribution in [-0.2, 0) is 17.6 Å². The van der Waals surface area contributed by atoms with E-state index < -0.39 is 0 Å². The minimum atomic E-state index is -0.0690. The smallest absolute Gasteiger partial charge is 0.221 e. The fraction of sp³-hybridized carbons (Fsp3) is 0.526. The second-order valence-electron chi connectivity index (χ2n) is 24.1. The highest BCUT2D eigenvalue weighted by Gasteiger charge is 2.15. The predicted octanol–water partition coefficient (Wildman–Crippen LogP) is 25.3. The number of azo groups is 2. The number of ether oxygens (including phenoxy) is 3. The number of hydrogen-bond acceptors (Lipinski definition) is 8. The lowest BCUT2D eigenvalue weighted by molar-refractivity contribution is -0.114. The van der Waals surface area contributed by atoms with Gasteiger partial charge < -0.3 is 19.5 Å². The van der Waals surface area contributed by atoms with Crippen LogP contribution >= 0.6 is 0 Å². The van der Waals surface area contributed by atoms with Crippen molar-refractivity contribution < 1.29 is 19.0 Å². The third-order valence-corrected chi connectivity index (χ3v) is 16.6. The van der Waals surface area contributed by atoms with Gasteiger partial charge in [0.15, 0.2) is 0 Å². The molecule has 1 amide bonds. The number of aryl methyl sites for hydroxylation is 3. The van der Waals surface area contributed by atoms with Crippen LogP contribution in [0.15, 0.2) is 136 Å². The maximum Gasteiger partial charge on any atom is 0.221 e. The van der Waals surface area contributed by atoms with E-state index in [-0.39, 0.29) is 5.91 Å². The Bertz CT molecular complexity index is 2920. The number of nitrogens with one attached hydrogen (secondary N) is 1. The number of unbranched alkanes of at least 4 members (excludes halogenated alkanes) is 20. The van der Waals surface area contributed by atoms with Crippen molar-refractivity contribution in [1.82, 2.24) is 0 Å². The standard InChI is InChI=1S/C41H60N2O2.C37H51N3O2/c1-6-9-10-11-12-13-14-15-16-17-18-19-20-21-30-45-41-29-25-37(32-40(41)33(4)7-2)43-42-36-24-28-39(34(5)31-36)35-22-26-38(27-23-35)44-8-3;1-7-10-11-12-13-14-15-16-23-42-36-22-21-34(26-35(36)27(4)5)39-40-37-29(8-2)24-32(25-30(37)9-3)31-17-19-33(20-18-31)38-28(6)41/h22-29,31-33H,6-21,30H2,1-5H3;17-22,24-27H,7-16,23H2,1-6H3,(H,38,41). The van der Waals surface area contributed by atoms with E-state index in [1.54, 1.807) is 0 Å². The van der Waals surface area contributed by atoms with E-state index in [1.807, 2.05) is 61.5 Å². The van der Waals surface area contributed by atoms with E-state index in [2.05, 4.69) is 139 Å². The largest absolute Gasteiger partial charge is 0.494 e. The van der Waals surface area contributed by atoms with Crippen molar-refractivity contribution >= 4 is 34.3 Å². The Kier molecular flexibility index (Phi) is 34.0. The van der Waals surface area contributed by atoms with Gasteiger partial charge in [0.25, 0.3) is 0 Å². The van der Waals surface area contributed by atoms with Gasteiger partial charge in [-0.3, -0.25) is 4.79 Å². The highest BCUT2D eigenvalue weighted by atomic mass is 16.5. The summed E-state index contributed by atoms with van der Waals surface area (Å²) < 4.78 is 18.1. The molecule has 0 heterocycles. The number of rotatable bonds is 40. The van der Waals surface area contributed by atoms with Crippen molar-refractivity contribution in [2.24, 2.45) is 20.5 Å². The number of nitrogens with zero attached hydrogens (tertiary/aromatic N) is 4. The van der Waals surface area contributed by atoms with Gasteiger partial charge in [0.2, 0.25) is 5.91 Å². The van der Waals surface area contributed by atoms with Crippen LogP contribution in [0.25, 0.3) is 22.3 Å². The average molecular weight is 1180 g/mol. The van der Waals surface area contributed by atoms with Crippen LogP contribution in [0, 0.1) is 6.92 Å². The number of amides is 1. The summed E-state index contributed by atoms with van der Waals surface area (Å²) in [4.78, 5) is 11.4. The molecule has 6 rings (SSSR count). The molecule has 9 nitrogen and oxygen atoms in total. The zero-order chi connectivity index (χ0) is 62.4. The molecule has 0 spiro atoms. The van der Waals surface area contributed by atoms with E-state index in [0.717, 1.165) is 102 Å². The van der Waals surface area contributed by atoms with Crippen molar-refractivity contribution in [2.45, 2.75) is 249 Å². The van der Waals surface area contributed by atoms with Gasteiger partial charge in [0.05, 0.1) is 42.6 Å². The zero-order valence-corrected chi connectivity index (χ0v) is 55.8. The van der Waals surface area contributed by atoms with E-state index >= 15 is 0 Å². The summed E-state index contributed by atoms with van der Waals surface area (Å²) >= 11 is 0. The first-order chi connectivity index (χ1) is 42.4. The molecule has 9 heteroatoms. The molecule has 0 bridgehead atoms. The van der Waals surface area contributed by atoms with Crippen LogP contribution in [0.5, 0.6) is 17.2 Å². The van der Waals surface area contributed by atoms with Crippen LogP contribution in [0.2, 0.25) is 0 Å². The van der Waals surface area contributed by atoms with Gasteiger partial charge in [0.1, 0.15) is 17.2 Å². The third-order valence-electron chi connectivity index (χ3n) is 16.6. The van der Waals surface area contributed by atoms with Gasteiger partial charge in [-0.05, 0) is 193 Å². The van der Waals surface area contributed by atoms with Crippen molar-refractivity contribution in [3.63, 3.8) is 0 Å². The summed E-state index contributed by atoms with van der Waals surface area (Å²) in [6, 6.07) is 39.4. The normalized spacial score (nSPS) is 11.8. The molecule has 1 unspecified atom stereocenters. The Balaban J connectivity index is 0.000000318. The molecule has 6 aromatic carbocycles. The fourth-order valence-corrected chi connectivity index (χ4v) is 11.1. The molecule has 87 heavy (non-hydrogen) atoms. The average Bonchev–Trinajstić information content (AvgIpc) is 3.14. The second-order valence-corrected chi connectivity index (χ2v) is 24.1. The number of anilines is 1. The van der Waals surface area contributed by atoms with Crippen molar-refractivity contribution in [3.05, 3.63) is 143 Å². The molecule has 0 radical (unpaired) electrons. The molecule has 0 saturated heterocycles. The lowest BCUT2D eigenvalue weighted by atomic mass is 9.95. The third kappa shape index (κ3) is 25.9. The molecule has 0 saturated carbocycles. The van der Waals surface area contributed by atoms with Crippen LogP contribution < -0.4 is 19.5 Å². The van der Waals surface area contributed by atoms with E-state index in [0.29, 0.717) is 18.4 Å². The summed E-state index contributed by atoms with van der Waals surface area (Å²) in [5, 5.41) is 21.5.